The Morgan fingerprint density at radius 3 is 2.68 bits per heavy atom. The summed E-state index contributed by atoms with van der Waals surface area (Å²) in [7, 11) is 1.34. The summed E-state index contributed by atoms with van der Waals surface area (Å²) in [5.41, 5.74) is 0.351. The monoisotopic (exact) mass is 264 g/mol. The predicted octanol–water partition coefficient (Wildman–Crippen LogP) is 2.62. The van der Waals surface area contributed by atoms with Crippen molar-refractivity contribution in [2.45, 2.75) is 0 Å². The number of carbonyl (C=O) groups is 1. The summed E-state index contributed by atoms with van der Waals surface area (Å²) in [6, 6.07) is 6.34. The molecule has 1 aromatic heterocycles. The van der Waals surface area contributed by atoms with Crippen LogP contribution >= 0.6 is 0 Å². The smallest absolute Gasteiger partial charge is 0.255 e. The van der Waals surface area contributed by atoms with E-state index < -0.39 is 17.7 Å². The SMILES string of the molecule is COc1ccc(NC(=O)c2ccnc(F)c2)cc1F. The summed E-state index contributed by atoms with van der Waals surface area (Å²) >= 11 is 0. The van der Waals surface area contributed by atoms with E-state index in [0.29, 0.717) is 0 Å². The fraction of sp³-hybridized carbons (Fsp3) is 0.0769. The van der Waals surface area contributed by atoms with Crippen LogP contribution in [0.1, 0.15) is 10.4 Å². The van der Waals surface area contributed by atoms with Crippen LogP contribution < -0.4 is 10.1 Å². The Bertz CT molecular complexity index is 617. The first-order valence-corrected chi connectivity index (χ1v) is 5.36. The lowest BCUT2D eigenvalue weighted by molar-refractivity contribution is 0.102. The third-order valence-electron chi connectivity index (χ3n) is 2.40. The van der Waals surface area contributed by atoms with Crippen LogP contribution in [0.25, 0.3) is 0 Å². The minimum Gasteiger partial charge on any atom is -0.494 e. The largest absolute Gasteiger partial charge is 0.494 e. The molecule has 0 saturated heterocycles. The van der Waals surface area contributed by atoms with Crippen LogP contribution in [-0.2, 0) is 0 Å². The summed E-state index contributed by atoms with van der Waals surface area (Å²) < 4.78 is 31.0. The minimum absolute atomic E-state index is 0.0768. The van der Waals surface area contributed by atoms with Gasteiger partial charge >= 0.3 is 0 Å². The standard InChI is InChI=1S/C13H10F2N2O2/c1-19-11-3-2-9(7-10(11)14)17-13(18)8-4-5-16-12(15)6-8/h2-7H,1H3,(H,17,18). The van der Waals surface area contributed by atoms with Crippen molar-refractivity contribution >= 4 is 11.6 Å². The number of methoxy groups -OCH3 is 1. The van der Waals surface area contributed by atoms with Crippen LogP contribution in [0.5, 0.6) is 5.75 Å². The van der Waals surface area contributed by atoms with Gasteiger partial charge in [0.2, 0.25) is 5.95 Å². The van der Waals surface area contributed by atoms with Gasteiger partial charge in [-0.05, 0) is 18.2 Å². The molecule has 0 aliphatic heterocycles. The molecule has 1 heterocycles. The number of benzene rings is 1. The zero-order valence-electron chi connectivity index (χ0n) is 9.98. The number of aromatic nitrogens is 1. The molecule has 0 atom stereocenters. The molecule has 1 amide bonds. The maximum Gasteiger partial charge on any atom is 0.255 e. The Labute approximate surface area is 108 Å². The lowest BCUT2D eigenvalue weighted by Crippen LogP contribution is -2.12. The van der Waals surface area contributed by atoms with Crippen molar-refractivity contribution in [2.24, 2.45) is 0 Å². The van der Waals surface area contributed by atoms with E-state index in [0.717, 1.165) is 12.1 Å². The number of amides is 1. The summed E-state index contributed by atoms with van der Waals surface area (Å²) in [4.78, 5) is 15.1. The van der Waals surface area contributed by atoms with Gasteiger partial charge in [-0.1, -0.05) is 0 Å². The normalized spacial score (nSPS) is 10.1. The average molecular weight is 264 g/mol. The van der Waals surface area contributed by atoms with Crippen LogP contribution in [0.2, 0.25) is 0 Å². The Morgan fingerprint density at radius 2 is 2.05 bits per heavy atom. The lowest BCUT2D eigenvalue weighted by atomic mass is 10.2. The molecular formula is C13H10F2N2O2. The van der Waals surface area contributed by atoms with Crippen molar-refractivity contribution < 1.29 is 18.3 Å². The molecule has 98 valence electrons. The van der Waals surface area contributed by atoms with Crippen molar-refractivity contribution in [1.82, 2.24) is 4.98 Å². The van der Waals surface area contributed by atoms with Crippen LogP contribution in [0.3, 0.4) is 0 Å². The van der Waals surface area contributed by atoms with Crippen molar-refractivity contribution in [1.29, 1.82) is 0 Å². The second-order valence-electron chi connectivity index (χ2n) is 3.67. The first-order chi connectivity index (χ1) is 9.10. The number of hydrogen-bond donors (Lipinski definition) is 1. The summed E-state index contributed by atoms with van der Waals surface area (Å²) in [6.45, 7) is 0. The Kier molecular flexibility index (Phi) is 3.70. The maximum absolute atomic E-state index is 13.4. The van der Waals surface area contributed by atoms with Crippen molar-refractivity contribution in [3.05, 3.63) is 53.9 Å². The quantitative estimate of drug-likeness (QED) is 0.867. The molecule has 0 fully saturated rings. The molecule has 6 heteroatoms. The highest BCUT2D eigenvalue weighted by molar-refractivity contribution is 6.04. The Morgan fingerprint density at radius 1 is 1.26 bits per heavy atom. The van der Waals surface area contributed by atoms with Crippen LogP contribution in [-0.4, -0.2) is 18.0 Å². The molecular weight excluding hydrogens is 254 g/mol. The first kappa shape index (κ1) is 12.9. The highest BCUT2D eigenvalue weighted by atomic mass is 19.1. The fourth-order valence-electron chi connectivity index (χ4n) is 1.49. The summed E-state index contributed by atoms with van der Waals surface area (Å²) in [5, 5.41) is 2.45. The molecule has 0 aliphatic rings. The number of rotatable bonds is 3. The van der Waals surface area contributed by atoms with E-state index in [2.05, 4.69) is 10.3 Å². The summed E-state index contributed by atoms with van der Waals surface area (Å²) in [6.07, 6.45) is 1.18. The van der Waals surface area contributed by atoms with Gasteiger partial charge in [-0.2, -0.15) is 4.39 Å². The molecule has 4 nitrogen and oxygen atoms in total. The third-order valence-corrected chi connectivity index (χ3v) is 2.40. The highest BCUT2D eigenvalue weighted by Crippen LogP contribution is 2.21. The highest BCUT2D eigenvalue weighted by Gasteiger charge is 2.09. The van der Waals surface area contributed by atoms with Crippen LogP contribution in [0.4, 0.5) is 14.5 Å². The van der Waals surface area contributed by atoms with E-state index in [1.54, 1.807) is 0 Å². The van der Waals surface area contributed by atoms with Gasteiger partial charge in [-0.25, -0.2) is 9.37 Å². The van der Waals surface area contributed by atoms with Crippen molar-refractivity contribution in [3.8, 4) is 5.75 Å². The molecule has 19 heavy (non-hydrogen) atoms. The van der Waals surface area contributed by atoms with E-state index in [1.165, 1.54) is 31.5 Å². The van der Waals surface area contributed by atoms with Crippen LogP contribution in [0.15, 0.2) is 36.5 Å². The molecule has 0 radical (unpaired) electrons. The van der Waals surface area contributed by atoms with Gasteiger partial charge in [0.25, 0.3) is 5.91 Å². The van der Waals surface area contributed by atoms with E-state index >= 15 is 0 Å². The van der Waals surface area contributed by atoms with Gasteiger partial charge in [-0.3, -0.25) is 4.79 Å². The number of carbonyl (C=O) groups excluding carboxylic acids is 1. The molecule has 2 aromatic rings. The van der Waals surface area contributed by atoms with E-state index in [9.17, 15) is 13.6 Å². The van der Waals surface area contributed by atoms with E-state index in [-0.39, 0.29) is 17.0 Å². The zero-order chi connectivity index (χ0) is 13.8. The molecule has 0 unspecified atom stereocenters. The maximum atomic E-state index is 13.4. The first-order valence-electron chi connectivity index (χ1n) is 5.36. The number of nitrogens with one attached hydrogen (secondary N) is 1. The number of ether oxygens (including phenoxy) is 1. The number of nitrogens with zero attached hydrogens (tertiary/aromatic N) is 1. The Balaban J connectivity index is 2.17. The third kappa shape index (κ3) is 3.04. The fourth-order valence-corrected chi connectivity index (χ4v) is 1.49. The van der Waals surface area contributed by atoms with Crippen molar-refractivity contribution in [2.75, 3.05) is 12.4 Å². The second-order valence-corrected chi connectivity index (χ2v) is 3.67. The Hall–Kier alpha value is -2.50. The molecule has 0 saturated carbocycles. The van der Waals surface area contributed by atoms with Gasteiger partial charge in [-0.15, -0.1) is 0 Å². The minimum atomic E-state index is -0.756. The van der Waals surface area contributed by atoms with E-state index in [4.69, 9.17) is 4.74 Å². The van der Waals surface area contributed by atoms with Gasteiger partial charge < -0.3 is 10.1 Å². The average Bonchev–Trinajstić information content (AvgIpc) is 2.39. The predicted molar refractivity (Wildman–Crippen MR) is 65.1 cm³/mol. The van der Waals surface area contributed by atoms with Gasteiger partial charge in [0.15, 0.2) is 11.6 Å². The second kappa shape index (κ2) is 5.43. The molecule has 0 spiro atoms. The zero-order valence-corrected chi connectivity index (χ0v) is 9.98. The number of halogens is 2. The van der Waals surface area contributed by atoms with Gasteiger partial charge in [0.05, 0.1) is 7.11 Å². The van der Waals surface area contributed by atoms with Gasteiger partial charge in [0, 0.05) is 29.6 Å². The number of pyridine rings is 1. The molecule has 0 aliphatic carbocycles. The molecule has 2 rings (SSSR count). The van der Waals surface area contributed by atoms with Crippen molar-refractivity contribution in [3.63, 3.8) is 0 Å². The number of hydrogen-bond acceptors (Lipinski definition) is 3. The number of anilines is 1. The van der Waals surface area contributed by atoms with Gasteiger partial charge in [0.1, 0.15) is 0 Å². The molecule has 1 N–H and O–H groups in total. The lowest BCUT2D eigenvalue weighted by Gasteiger charge is -2.07. The van der Waals surface area contributed by atoms with E-state index in [1.807, 2.05) is 0 Å². The molecule has 1 aromatic carbocycles. The van der Waals surface area contributed by atoms with Crippen LogP contribution in [0, 0.1) is 11.8 Å². The summed E-state index contributed by atoms with van der Waals surface area (Å²) in [5.74, 6) is -1.83. The molecule has 0 bridgehead atoms. The topological polar surface area (TPSA) is 51.2 Å².